The fourth-order valence-corrected chi connectivity index (χ4v) is 1.77. The maximum absolute atomic E-state index is 13.5. The average molecular weight is 276 g/mol. The number of aromatic nitrogens is 1. The molecule has 0 unspecified atom stereocenters. The molecule has 0 saturated heterocycles. The van der Waals surface area contributed by atoms with Crippen LogP contribution >= 0.6 is 27.5 Å². The van der Waals surface area contributed by atoms with E-state index in [0.717, 1.165) is 0 Å². The molecular weight excluding hydrogens is 272 g/mol. The standard InChI is InChI=1S/C9H4BrClFNO/c10-6-2-1-5-7(11)3-4-13(14)9(5)8(6)12/h1-4H. The Morgan fingerprint density at radius 1 is 1.36 bits per heavy atom. The van der Waals surface area contributed by atoms with Crippen molar-refractivity contribution in [3.8, 4) is 0 Å². The molecule has 1 aromatic heterocycles. The summed E-state index contributed by atoms with van der Waals surface area (Å²) in [4.78, 5) is 0. The summed E-state index contributed by atoms with van der Waals surface area (Å²) in [5.41, 5.74) is -0.0492. The summed E-state index contributed by atoms with van der Waals surface area (Å²) in [6.07, 6.45) is 1.18. The maximum Gasteiger partial charge on any atom is 0.262 e. The van der Waals surface area contributed by atoms with Crippen molar-refractivity contribution in [2.75, 3.05) is 0 Å². The molecule has 0 saturated carbocycles. The van der Waals surface area contributed by atoms with Crippen LogP contribution in [0.5, 0.6) is 0 Å². The van der Waals surface area contributed by atoms with Gasteiger partial charge in [-0.2, -0.15) is 9.12 Å². The zero-order valence-corrected chi connectivity index (χ0v) is 9.14. The van der Waals surface area contributed by atoms with Crippen LogP contribution in [0.4, 0.5) is 4.39 Å². The lowest BCUT2D eigenvalue weighted by Crippen LogP contribution is -2.27. The van der Waals surface area contributed by atoms with Crippen molar-refractivity contribution in [2.45, 2.75) is 0 Å². The number of hydrogen-bond acceptors (Lipinski definition) is 1. The Labute approximate surface area is 92.6 Å². The molecule has 0 bridgehead atoms. The number of fused-ring (bicyclic) bond motifs is 1. The Balaban J connectivity index is 3.01. The van der Waals surface area contributed by atoms with E-state index in [1.165, 1.54) is 18.3 Å². The second kappa shape index (κ2) is 3.37. The fraction of sp³-hybridized carbons (Fsp3) is 0. The first kappa shape index (κ1) is 9.68. The molecule has 5 heteroatoms. The van der Waals surface area contributed by atoms with Crippen molar-refractivity contribution in [1.29, 1.82) is 0 Å². The first-order chi connectivity index (χ1) is 6.61. The van der Waals surface area contributed by atoms with E-state index in [1.807, 2.05) is 0 Å². The van der Waals surface area contributed by atoms with Gasteiger partial charge in [0.25, 0.3) is 5.52 Å². The summed E-state index contributed by atoms with van der Waals surface area (Å²) in [6.45, 7) is 0. The second-order valence-corrected chi connectivity index (χ2v) is 4.01. The molecule has 0 aliphatic rings. The Kier molecular flexibility index (Phi) is 2.33. The molecule has 0 aliphatic carbocycles. The molecule has 2 rings (SSSR count). The van der Waals surface area contributed by atoms with Crippen molar-refractivity contribution in [3.63, 3.8) is 0 Å². The van der Waals surface area contributed by atoms with Crippen LogP contribution in [0.3, 0.4) is 0 Å². The lowest BCUT2D eigenvalue weighted by molar-refractivity contribution is -0.578. The highest BCUT2D eigenvalue weighted by molar-refractivity contribution is 9.10. The summed E-state index contributed by atoms with van der Waals surface area (Å²) < 4.78 is 14.2. The van der Waals surface area contributed by atoms with Crippen LogP contribution in [0.2, 0.25) is 5.02 Å². The number of nitrogens with zero attached hydrogens (tertiary/aromatic N) is 1. The van der Waals surface area contributed by atoms with Gasteiger partial charge in [-0.05, 0) is 28.1 Å². The Bertz CT molecular complexity index is 518. The number of hydrogen-bond donors (Lipinski definition) is 0. The van der Waals surface area contributed by atoms with Gasteiger partial charge in [0.05, 0.1) is 14.9 Å². The van der Waals surface area contributed by atoms with Gasteiger partial charge < -0.3 is 5.21 Å². The summed E-state index contributed by atoms with van der Waals surface area (Å²) in [5, 5.41) is 12.1. The van der Waals surface area contributed by atoms with Crippen LogP contribution in [-0.2, 0) is 0 Å². The van der Waals surface area contributed by atoms with Crippen LogP contribution in [0.1, 0.15) is 0 Å². The maximum atomic E-state index is 13.5. The molecular formula is C9H4BrClFNO. The van der Waals surface area contributed by atoms with Gasteiger partial charge in [0.1, 0.15) is 0 Å². The van der Waals surface area contributed by atoms with Gasteiger partial charge in [0, 0.05) is 6.07 Å². The quantitative estimate of drug-likeness (QED) is 0.537. The van der Waals surface area contributed by atoms with Crippen LogP contribution in [-0.4, -0.2) is 0 Å². The van der Waals surface area contributed by atoms with Crippen LogP contribution < -0.4 is 4.73 Å². The Hall–Kier alpha value is -0.870. The molecule has 1 aromatic carbocycles. The van der Waals surface area contributed by atoms with Gasteiger partial charge >= 0.3 is 0 Å². The minimum absolute atomic E-state index is 0.0492. The van der Waals surface area contributed by atoms with E-state index in [4.69, 9.17) is 11.6 Å². The largest absolute Gasteiger partial charge is 0.618 e. The lowest BCUT2D eigenvalue weighted by atomic mass is 10.2. The molecule has 0 aliphatic heterocycles. The summed E-state index contributed by atoms with van der Waals surface area (Å²) in [5.74, 6) is -0.597. The van der Waals surface area contributed by atoms with E-state index < -0.39 is 5.82 Å². The molecule has 1 heterocycles. The van der Waals surface area contributed by atoms with Crippen LogP contribution in [0.25, 0.3) is 10.9 Å². The molecule has 0 amide bonds. The molecule has 0 atom stereocenters. The van der Waals surface area contributed by atoms with Gasteiger partial charge in [0.2, 0.25) is 5.82 Å². The molecule has 2 aromatic rings. The van der Waals surface area contributed by atoms with E-state index in [9.17, 15) is 9.60 Å². The molecule has 0 N–H and O–H groups in total. The predicted molar refractivity (Wildman–Crippen MR) is 55.6 cm³/mol. The van der Waals surface area contributed by atoms with Gasteiger partial charge in [-0.15, -0.1) is 0 Å². The van der Waals surface area contributed by atoms with Gasteiger partial charge in [0.15, 0.2) is 6.20 Å². The summed E-state index contributed by atoms with van der Waals surface area (Å²) in [6, 6.07) is 4.55. The van der Waals surface area contributed by atoms with E-state index in [-0.39, 0.29) is 9.99 Å². The summed E-state index contributed by atoms with van der Waals surface area (Å²) in [7, 11) is 0. The van der Waals surface area contributed by atoms with Crippen molar-refractivity contribution >= 4 is 38.4 Å². The minimum atomic E-state index is -0.597. The molecule has 0 fully saturated rings. The van der Waals surface area contributed by atoms with Gasteiger partial charge in [-0.3, -0.25) is 0 Å². The molecule has 0 spiro atoms. The van der Waals surface area contributed by atoms with Crippen molar-refractivity contribution in [3.05, 3.63) is 44.9 Å². The van der Waals surface area contributed by atoms with Crippen LogP contribution in [0.15, 0.2) is 28.9 Å². The first-order valence-corrected chi connectivity index (χ1v) is 4.93. The third-order valence-electron chi connectivity index (χ3n) is 1.90. The molecule has 2 nitrogen and oxygen atoms in total. The topological polar surface area (TPSA) is 26.9 Å². The van der Waals surface area contributed by atoms with E-state index in [0.29, 0.717) is 15.1 Å². The first-order valence-electron chi connectivity index (χ1n) is 3.76. The van der Waals surface area contributed by atoms with Crippen molar-refractivity contribution in [1.82, 2.24) is 0 Å². The predicted octanol–water partition coefficient (Wildman–Crippen LogP) is 3.03. The number of pyridine rings is 1. The van der Waals surface area contributed by atoms with Crippen LogP contribution in [0, 0.1) is 11.0 Å². The van der Waals surface area contributed by atoms with E-state index in [2.05, 4.69) is 15.9 Å². The Morgan fingerprint density at radius 2 is 2.07 bits per heavy atom. The monoisotopic (exact) mass is 275 g/mol. The molecule has 0 radical (unpaired) electrons. The normalized spacial score (nSPS) is 10.8. The third-order valence-corrected chi connectivity index (χ3v) is 2.85. The lowest BCUT2D eigenvalue weighted by Gasteiger charge is -2.04. The number of halogens is 3. The highest BCUT2D eigenvalue weighted by Gasteiger charge is 2.15. The SMILES string of the molecule is [O-][n+]1ccc(Cl)c2ccc(Br)c(F)c21. The zero-order valence-electron chi connectivity index (χ0n) is 6.80. The third kappa shape index (κ3) is 1.35. The number of benzene rings is 1. The summed E-state index contributed by atoms with van der Waals surface area (Å²) >= 11 is 8.82. The highest BCUT2D eigenvalue weighted by atomic mass is 79.9. The Morgan fingerprint density at radius 3 is 2.79 bits per heavy atom. The second-order valence-electron chi connectivity index (χ2n) is 2.75. The fourth-order valence-electron chi connectivity index (χ4n) is 1.25. The smallest absolute Gasteiger partial charge is 0.262 e. The average Bonchev–Trinajstić information content (AvgIpc) is 2.16. The highest BCUT2D eigenvalue weighted by Crippen LogP contribution is 2.26. The molecule has 14 heavy (non-hydrogen) atoms. The van der Waals surface area contributed by atoms with E-state index >= 15 is 0 Å². The molecule has 72 valence electrons. The van der Waals surface area contributed by atoms with Crippen molar-refractivity contribution < 1.29 is 9.12 Å². The van der Waals surface area contributed by atoms with E-state index in [1.54, 1.807) is 6.07 Å². The number of rotatable bonds is 0. The van der Waals surface area contributed by atoms with Gasteiger partial charge in [-0.1, -0.05) is 11.6 Å². The minimum Gasteiger partial charge on any atom is -0.618 e. The van der Waals surface area contributed by atoms with Gasteiger partial charge in [-0.25, -0.2) is 0 Å². The zero-order chi connectivity index (χ0) is 10.3. The van der Waals surface area contributed by atoms with Crippen molar-refractivity contribution in [2.24, 2.45) is 0 Å².